The lowest BCUT2D eigenvalue weighted by molar-refractivity contribution is 0.542. The maximum Gasteiger partial charge on any atom is 0.153 e. The summed E-state index contributed by atoms with van der Waals surface area (Å²) in [5.41, 5.74) is 0. The highest BCUT2D eigenvalue weighted by atomic mass is 35.6. The summed E-state index contributed by atoms with van der Waals surface area (Å²) in [6.07, 6.45) is 2.79. The van der Waals surface area contributed by atoms with E-state index < -0.39 is 7.38 Å². The molecule has 0 N–H and O–H groups in total. The Kier molecular flexibility index (Phi) is 2.22. The minimum atomic E-state index is -1.18. The Bertz CT molecular complexity index is 101. The van der Waals surface area contributed by atoms with Crippen LogP contribution in [0.2, 0.25) is 18.6 Å². The van der Waals surface area contributed by atoms with Crippen molar-refractivity contribution in [3.05, 3.63) is 0 Å². The van der Waals surface area contributed by atoms with Crippen LogP contribution in [0.15, 0.2) is 0 Å². The Morgan fingerprint density at radius 2 is 2.22 bits per heavy atom. The van der Waals surface area contributed by atoms with Crippen LogP contribution in [0.3, 0.4) is 0 Å². The van der Waals surface area contributed by atoms with Crippen LogP contribution in [0.4, 0.5) is 0 Å². The number of hydrogen-bond donors (Lipinski definition) is 0. The Labute approximate surface area is 63.3 Å². The van der Waals surface area contributed by atoms with E-state index in [4.69, 9.17) is 11.1 Å². The lowest BCUT2D eigenvalue weighted by atomic mass is 10.1. The lowest BCUT2D eigenvalue weighted by Crippen LogP contribution is -2.28. The first-order valence-corrected chi connectivity index (χ1v) is 7.72. The minimum absolute atomic E-state index is 0.910. The molecule has 2 atom stereocenters. The molecule has 54 valence electrons. The molecule has 1 fully saturated rings. The van der Waals surface area contributed by atoms with Crippen LogP contribution in [0.5, 0.6) is 0 Å². The van der Waals surface area contributed by atoms with E-state index in [1.54, 1.807) is 0 Å². The van der Waals surface area contributed by atoms with Gasteiger partial charge in [-0.15, -0.1) is 0 Å². The number of halogens is 1. The summed E-state index contributed by atoms with van der Waals surface area (Å²) in [5, 5.41) is 0. The highest BCUT2D eigenvalue weighted by Crippen LogP contribution is 2.34. The average Bonchev–Trinajstić information content (AvgIpc) is 1.60. The second-order valence-electron chi connectivity index (χ2n) is 3.61. The zero-order chi connectivity index (χ0) is 6.91. The van der Waals surface area contributed by atoms with Crippen LogP contribution >= 0.6 is 11.1 Å². The van der Waals surface area contributed by atoms with Crippen molar-refractivity contribution in [3.63, 3.8) is 0 Å². The molecular weight excluding hydrogens is 148 g/mol. The summed E-state index contributed by atoms with van der Waals surface area (Å²) in [6, 6.07) is 2.69. The molecule has 0 aromatic carbocycles. The molecule has 0 radical (unpaired) electrons. The van der Waals surface area contributed by atoms with Crippen LogP contribution in [-0.4, -0.2) is 7.38 Å². The smallest absolute Gasteiger partial charge is 0.153 e. The lowest BCUT2D eigenvalue weighted by Gasteiger charge is -2.28. The SMILES string of the molecule is CC1CCC[Si](C)(Cl)C1. The maximum absolute atomic E-state index is 6.31. The van der Waals surface area contributed by atoms with Gasteiger partial charge in [0.05, 0.1) is 0 Å². The monoisotopic (exact) mass is 162 g/mol. The number of hydrogen-bond acceptors (Lipinski definition) is 0. The third-order valence-electron chi connectivity index (χ3n) is 2.17. The first kappa shape index (κ1) is 7.61. The fourth-order valence-corrected chi connectivity index (χ4v) is 5.74. The van der Waals surface area contributed by atoms with Gasteiger partial charge in [0.15, 0.2) is 7.38 Å². The van der Waals surface area contributed by atoms with Crippen LogP contribution in [-0.2, 0) is 0 Å². The summed E-state index contributed by atoms with van der Waals surface area (Å²) in [4.78, 5) is 0. The van der Waals surface area contributed by atoms with E-state index in [0.717, 1.165) is 5.92 Å². The molecule has 0 nitrogen and oxygen atoms in total. The molecule has 9 heavy (non-hydrogen) atoms. The van der Waals surface area contributed by atoms with Gasteiger partial charge in [-0.1, -0.05) is 26.3 Å². The van der Waals surface area contributed by atoms with E-state index in [1.165, 1.54) is 24.9 Å². The fraction of sp³-hybridized carbons (Fsp3) is 1.00. The second kappa shape index (κ2) is 2.63. The van der Waals surface area contributed by atoms with Crippen molar-refractivity contribution in [2.45, 2.75) is 38.4 Å². The molecular formula is C7H15ClSi. The van der Waals surface area contributed by atoms with Crippen molar-refractivity contribution >= 4 is 18.5 Å². The molecule has 1 aliphatic heterocycles. The number of rotatable bonds is 0. The van der Waals surface area contributed by atoms with Gasteiger partial charge in [-0.05, 0) is 18.0 Å². The Hall–Kier alpha value is 0.507. The van der Waals surface area contributed by atoms with Gasteiger partial charge in [-0.3, -0.25) is 0 Å². The molecule has 0 aromatic rings. The molecule has 2 heteroatoms. The van der Waals surface area contributed by atoms with E-state index in [9.17, 15) is 0 Å². The molecule has 0 aromatic heterocycles. The Morgan fingerprint density at radius 1 is 1.56 bits per heavy atom. The van der Waals surface area contributed by atoms with Crippen molar-refractivity contribution in [3.8, 4) is 0 Å². The Balaban J connectivity index is 2.41. The van der Waals surface area contributed by atoms with Crippen molar-refractivity contribution in [1.29, 1.82) is 0 Å². The molecule has 0 bridgehead atoms. The third-order valence-corrected chi connectivity index (χ3v) is 6.14. The van der Waals surface area contributed by atoms with Crippen LogP contribution in [0, 0.1) is 5.92 Å². The van der Waals surface area contributed by atoms with Gasteiger partial charge in [0.2, 0.25) is 0 Å². The first-order valence-electron chi connectivity index (χ1n) is 3.79. The molecule has 0 aliphatic carbocycles. The third kappa shape index (κ3) is 2.30. The van der Waals surface area contributed by atoms with E-state index in [0.29, 0.717) is 0 Å². The van der Waals surface area contributed by atoms with Gasteiger partial charge in [0.25, 0.3) is 0 Å². The van der Waals surface area contributed by atoms with Crippen molar-refractivity contribution in [1.82, 2.24) is 0 Å². The fourth-order valence-electron chi connectivity index (χ4n) is 1.75. The molecule has 1 saturated heterocycles. The maximum atomic E-state index is 6.31. The highest BCUT2D eigenvalue weighted by molar-refractivity contribution is 7.19. The van der Waals surface area contributed by atoms with Gasteiger partial charge < -0.3 is 0 Å². The molecule has 0 amide bonds. The van der Waals surface area contributed by atoms with Gasteiger partial charge in [-0.2, -0.15) is 11.1 Å². The van der Waals surface area contributed by atoms with Gasteiger partial charge in [0.1, 0.15) is 0 Å². The summed E-state index contributed by atoms with van der Waals surface area (Å²) in [5.74, 6) is 0.910. The zero-order valence-corrected chi connectivity index (χ0v) is 8.04. The standard InChI is InChI=1S/C7H15ClSi/c1-7-4-3-5-9(2,8)6-7/h7H,3-6H2,1-2H3. The zero-order valence-electron chi connectivity index (χ0n) is 6.28. The van der Waals surface area contributed by atoms with Gasteiger partial charge in [0, 0.05) is 0 Å². The summed E-state index contributed by atoms with van der Waals surface area (Å²) >= 11 is 6.31. The normalized spacial score (nSPS) is 45.0. The molecule has 1 rings (SSSR count). The molecule has 1 aliphatic rings. The second-order valence-corrected chi connectivity index (χ2v) is 10.1. The van der Waals surface area contributed by atoms with E-state index >= 15 is 0 Å². The summed E-state index contributed by atoms with van der Waals surface area (Å²) in [6.45, 7) is 4.62. The van der Waals surface area contributed by atoms with Crippen molar-refractivity contribution in [2.24, 2.45) is 5.92 Å². The van der Waals surface area contributed by atoms with Gasteiger partial charge in [-0.25, -0.2) is 0 Å². The molecule has 2 unspecified atom stereocenters. The Morgan fingerprint density at radius 3 is 2.56 bits per heavy atom. The van der Waals surface area contributed by atoms with Crippen LogP contribution in [0.1, 0.15) is 19.8 Å². The molecule has 0 saturated carbocycles. The van der Waals surface area contributed by atoms with Crippen LogP contribution in [0.25, 0.3) is 0 Å². The topological polar surface area (TPSA) is 0 Å². The average molecular weight is 163 g/mol. The quantitative estimate of drug-likeness (QED) is 0.379. The molecule has 1 heterocycles. The first-order chi connectivity index (χ1) is 4.10. The predicted molar refractivity (Wildman–Crippen MR) is 45.5 cm³/mol. The minimum Gasteiger partial charge on any atom is -0.167 e. The van der Waals surface area contributed by atoms with Crippen LogP contribution < -0.4 is 0 Å². The summed E-state index contributed by atoms with van der Waals surface area (Å²) in [7, 11) is -1.18. The van der Waals surface area contributed by atoms with Gasteiger partial charge >= 0.3 is 0 Å². The predicted octanol–water partition coefficient (Wildman–Crippen LogP) is 3.23. The summed E-state index contributed by atoms with van der Waals surface area (Å²) < 4.78 is 0. The highest BCUT2D eigenvalue weighted by Gasteiger charge is 2.30. The molecule has 0 spiro atoms. The van der Waals surface area contributed by atoms with Crippen molar-refractivity contribution < 1.29 is 0 Å². The largest absolute Gasteiger partial charge is 0.167 e. The van der Waals surface area contributed by atoms with E-state index in [1.807, 2.05) is 0 Å². The van der Waals surface area contributed by atoms with E-state index in [2.05, 4.69) is 13.5 Å². The van der Waals surface area contributed by atoms with Crippen molar-refractivity contribution in [2.75, 3.05) is 0 Å². The van der Waals surface area contributed by atoms with E-state index in [-0.39, 0.29) is 0 Å².